The quantitative estimate of drug-likeness (QED) is 0.216. The molecule has 2 heterocycles. The minimum atomic E-state index is -0.692. The van der Waals surface area contributed by atoms with Gasteiger partial charge in [-0.15, -0.1) is 10.2 Å². The van der Waals surface area contributed by atoms with Gasteiger partial charge in [0.05, 0.1) is 17.6 Å². The summed E-state index contributed by atoms with van der Waals surface area (Å²) in [6.45, 7) is 0.234. The predicted octanol–water partition coefficient (Wildman–Crippen LogP) is 4.63. The molecule has 0 bridgehead atoms. The maximum absolute atomic E-state index is 12.4. The molecule has 0 spiro atoms. The van der Waals surface area contributed by atoms with E-state index >= 15 is 0 Å². The fourth-order valence-corrected chi connectivity index (χ4v) is 4.57. The van der Waals surface area contributed by atoms with Crippen molar-refractivity contribution in [3.8, 4) is 17.2 Å². The van der Waals surface area contributed by atoms with Crippen molar-refractivity contribution < 1.29 is 23.9 Å². The Hall–Kier alpha value is -4.38. The van der Waals surface area contributed by atoms with Gasteiger partial charge in [0.15, 0.2) is 23.4 Å². The molecule has 0 saturated carbocycles. The van der Waals surface area contributed by atoms with Crippen LogP contribution in [0.3, 0.4) is 0 Å². The first kappa shape index (κ1) is 22.4. The number of rotatable bonds is 6. The Morgan fingerprint density at radius 2 is 1.83 bits per heavy atom. The SMILES string of the molecule is COC(=O)c1cc([N+](=O)[O-])ccc1Sc1nnc(C2COc3ccccc3O2)n1-c1ccccc1. The third-order valence-corrected chi connectivity index (χ3v) is 6.27. The van der Waals surface area contributed by atoms with E-state index < -0.39 is 17.0 Å². The molecule has 1 aromatic heterocycles. The molecule has 0 N–H and O–H groups in total. The van der Waals surface area contributed by atoms with Crippen molar-refractivity contribution in [2.24, 2.45) is 0 Å². The molecule has 11 heteroatoms. The molecule has 1 unspecified atom stereocenters. The van der Waals surface area contributed by atoms with Gasteiger partial charge in [0, 0.05) is 22.7 Å². The fraction of sp³-hybridized carbons (Fsp3) is 0.125. The first-order chi connectivity index (χ1) is 17.0. The Morgan fingerprint density at radius 1 is 1.09 bits per heavy atom. The van der Waals surface area contributed by atoms with Gasteiger partial charge >= 0.3 is 5.97 Å². The molecule has 0 saturated heterocycles. The highest BCUT2D eigenvalue weighted by Crippen LogP contribution is 2.38. The zero-order valence-electron chi connectivity index (χ0n) is 18.4. The predicted molar refractivity (Wildman–Crippen MR) is 125 cm³/mol. The molecule has 1 atom stereocenters. The van der Waals surface area contributed by atoms with Crippen molar-refractivity contribution in [1.82, 2.24) is 14.8 Å². The zero-order chi connectivity index (χ0) is 24.4. The Bertz CT molecular complexity index is 1410. The zero-order valence-corrected chi connectivity index (χ0v) is 19.2. The third kappa shape index (κ3) is 4.41. The van der Waals surface area contributed by atoms with Crippen LogP contribution in [0.5, 0.6) is 11.5 Å². The highest BCUT2D eigenvalue weighted by Gasteiger charge is 2.30. The van der Waals surface area contributed by atoms with Gasteiger partial charge in [-0.05, 0) is 42.1 Å². The van der Waals surface area contributed by atoms with E-state index in [9.17, 15) is 14.9 Å². The van der Waals surface area contributed by atoms with Crippen LogP contribution in [0.2, 0.25) is 0 Å². The number of non-ortho nitro benzene ring substituents is 1. The van der Waals surface area contributed by atoms with Crippen LogP contribution >= 0.6 is 11.8 Å². The molecule has 5 rings (SSSR count). The van der Waals surface area contributed by atoms with E-state index in [0.717, 1.165) is 17.4 Å². The highest BCUT2D eigenvalue weighted by molar-refractivity contribution is 7.99. The van der Waals surface area contributed by atoms with Crippen LogP contribution in [0.4, 0.5) is 5.69 Å². The average Bonchev–Trinajstić information content (AvgIpc) is 3.32. The third-order valence-electron chi connectivity index (χ3n) is 5.25. The van der Waals surface area contributed by atoms with Gasteiger partial charge in [0.1, 0.15) is 6.61 Å². The lowest BCUT2D eigenvalue weighted by Crippen LogP contribution is -2.24. The van der Waals surface area contributed by atoms with Crippen molar-refractivity contribution >= 4 is 23.4 Å². The first-order valence-electron chi connectivity index (χ1n) is 10.5. The van der Waals surface area contributed by atoms with Gasteiger partial charge in [0.25, 0.3) is 5.69 Å². The smallest absolute Gasteiger partial charge is 0.339 e. The Labute approximate surface area is 203 Å². The minimum Gasteiger partial charge on any atom is -0.485 e. The van der Waals surface area contributed by atoms with Crippen LogP contribution in [-0.4, -0.2) is 39.4 Å². The summed E-state index contributed by atoms with van der Waals surface area (Å²) in [5.74, 6) is 1.07. The second-order valence-corrected chi connectivity index (χ2v) is 8.42. The van der Waals surface area contributed by atoms with Crippen molar-refractivity contribution in [2.75, 3.05) is 13.7 Å². The summed E-state index contributed by atoms with van der Waals surface area (Å²) < 4.78 is 18.7. The van der Waals surface area contributed by atoms with Gasteiger partial charge in [-0.2, -0.15) is 0 Å². The van der Waals surface area contributed by atoms with Gasteiger partial charge in [0.2, 0.25) is 5.16 Å². The van der Waals surface area contributed by atoms with E-state index in [1.807, 2.05) is 59.2 Å². The Morgan fingerprint density at radius 3 is 2.57 bits per heavy atom. The van der Waals surface area contributed by atoms with Gasteiger partial charge in [-0.3, -0.25) is 14.7 Å². The number of benzene rings is 3. The molecule has 10 nitrogen and oxygen atoms in total. The van der Waals surface area contributed by atoms with E-state index in [-0.39, 0.29) is 17.9 Å². The summed E-state index contributed by atoms with van der Waals surface area (Å²) in [5.41, 5.74) is 0.618. The number of fused-ring (bicyclic) bond motifs is 1. The molecule has 0 aliphatic carbocycles. The lowest BCUT2D eigenvalue weighted by molar-refractivity contribution is -0.384. The van der Waals surface area contributed by atoms with Crippen LogP contribution in [0.1, 0.15) is 22.3 Å². The number of methoxy groups -OCH3 is 1. The number of ether oxygens (including phenoxy) is 3. The molecule has 1 aliphatic heterocycles. The number of carbonyl (C=O) groups is 1. The topological polar surface area (TPSA) is 119 Å². The van der Waals surface area contributed by atoms with Crippen LogP contribution in [0.15, 0.2) is 82.8 Å². The summed E-state index contributed by atoms with van der Waals surface area (Å²) >= 11 is 1.14. The van der Waals surface area contributed by atoms with Crippen molar-refractivity contribution in [3.05, 3.63) is 94.3 Å². The number of hydrogen-bond donors (Lipinski definition) is 0. The van der Waals surface area contributed by atoms with Gasteiger partial charge in [-0.1, -0.05) is 30.3 Å². The van der Waals surface area contributed by atoms with Crippen LogP contribution < -0.4 is 9.47 Å². The number of nitro groups is 1. The largest absolute Gasteiger partial charge is 0.485 e. The lowest BCUT2D eigenvalue weighted by atomic mass is 10.2. The van der Waals surface area contributed by atoms with Gasteiger partial charge < -0.3 is 14.2 Å². The van der Waals surface area contributed by atoms with Crippen LogP contribution in [-0.2, 0) is 4.74 Å². The van der Waals surface area contributed by atoms with E-state index in [1.165, 1.54) is 25.3 Å². The second-order valence-electron chi connectivity index (χ2n) is 7.41. The lowest BCUT2D eigenvalue weighted by Gasteiger charge is -2.26. The molecule has 0 radical (unpaired) electrons. The monoisotopic (exact) mass is 490 g/mol. The van der Waals surface area contributed by atoms with Crippen LogP contribution in [0.25, 0.3) is 5.69 Å². The van der Waals surface area contributed by atoms with Crippen molar-refractivity contribution in [2.45, 2.75) is 16.2 Å². The normalized spacial score (nSPS) is 14.4. The number of carbonyl (C=O) groups excluding carboxylic acids is 1. The molecule has 0 fully saturated rings. The minimum absolute atomic E-state index is 0.0574. The average molecular weight is 490 g/mol. The maximum Gasteiger partial charge on any atom is 0.339 e. The summed E-state index contributed by atoms with van der Waals surface area (Å²) in [5, 5.41) is 20.4. The standard InChI is InChI=1S/C24H18N4O6S/c1-32-23(29)17-13-16(28(30)31)11-12-21(17)35-24-26-25-22(27(24)15-7-3-2-4-8-15)20-14-33-18-9-5-6-10-19(18)34-20/h2-13,20H,14H2,1H3. The van der Waals surface area contributed by atoms with E-state index in [1.54, 1.807) is 0 Å². The fourth-order valence-electron chi connectivity index (χ4n) is 3.61. The number of esters is 1. The molecular weight excluding hydrogens is 472 g/mol. The molecular formula is C24H18N4O6S. The Balaban J connectivity index is 1.57. The van der Waals surface area contributed by atoms with E-state index in [4.69, 9.17) is 14.2 Å². The number of aromatic nitrogens is 3. The van der Waals surface area contributed by atoms with Gasteiger partial charge in [-0.25, -0.2) is 4.79 Å². The maximum atomic E-state index is 12.4. The summed E-state index contributed by atoms with van der Waals surface area (Å²) in [4.78, 5) is 23.5. The Kier molecular flexibility index (Phi) is 6.06. The number of nitro benzene ring substituents is 1. The number of nitrogens with zero attached hydrogens (tertiary/aromatic N) is 4. The van der Waals surface area contributed by atoms with E-state index in [2.05, 4.69) is 10.2 Å². The summed E-state index contributed by atoms with van der Waals surface area (Å²) in [6, 6.07) is 20.8. The van der Waals surface area contributed by atoms with E-state index in [0.29, 0.717) is 27.4 Å². The molecule has 0 amide bonds. The first-order valence-corrected chi connectivity index (χ1v) is 11.3. The molecule has 4 aromatic rings. The molecule has 3 aromatic carbocycles. The second kappa shape index (κ2) is 9.47. The van der Waals surface area contributed by atoms with Crippen molar-refractivity contribution in [1.29, 1.82) is 0 Å². The molecule has 176 valence electrons. The highest BCUT2D eigenvalue weighted by atomic mass is 32.2. The van der Waals surface area contributed by atoms with Crippen molar-refractivity contribution in [3.63, 3.8) is 0 Å². The number of para-hydroxylation sites is 3. The summed E-state index contributed by atoms with van der Waals surface area (Å²) in [7, 11) is 1.22. The summed E-state index contributed by atoms with van der Waals surface area (Å²) in [6.07, 6.45) is -0.538. The number of hydrogen-bond acceptors (Lipinski definition) is 9. The molecule has 1 aliphatic rings. The molecule has 35 heavy (non-hydrogen) atoms. The van der Waals surface area contributed by atoms with Crippen LogP contribution in [0, 0.1) is 10.1 Å².